The Hall–Kier alpha value is -0.150. The van der Waals surface area contributed by atoms with Gasteiger partial charge in [0.05, 0.1) is 0 Å². The maximum Gasteiger partial charge on any atom is 0.103 e. The second kappa shape index (κ2) is 5.08. The number of hydrogen-bond donors (Lipinski definition) is 1. The number of nitrogens with zero attached hydrogens (tertiary/aromatic N) is 1. The van der Waals surface area contributed by atoms with Gasteiger partial charge in [-0.05, 0) is 33.6 Å². The van der Waals surface area contributed by atoms with Gasteiger partial charge in [-0.25, -0.2) is 4.39 Å². The summed E-state index contributed by atoms with van der Waals surface area (Å²) in [5.41, 5.74) is 0.193. The van der Waals surface area contributed by atoms with Crippen molar-refractivity contribution in [1.29, 1.82) is 0 Å². The van der Waals surface area contributed by atoms with Crippen molar-refractivity contribution in [3.8, 4) is 0 Å². The van der Waals surface area contributed by atoms with Gasteiger partial charge >= 0.3 is 0 Å². The molecule has 0 aromatic heterocycles. The maximum absolute atomic E-state index is 12.8. The molecule has 14 heavy (non-hydrogen) atoms. The number of halogens is 1. The fourth-order valence-electron chi connectivity index (χ4n) is 1.71. The number of likely N-dealkylation sites (tertiary alicyclic amines) is 1. The lowest BCUT2D eigenvalue weighted by atomic mass is 10.1. The Bertz CT molecular complexity index is 157. The molecule has 0 aromatic carbocycles. The average Bonchev–Trinajstić information content (AvgIpc) is 2.06. The van der Waals surface area contributed by atoms with Crippen LogP contribution in [0.3, 0.4) is 0 Å². The molecule has 0 spiro atoms. The van der Waals surface area contributed by atoms with Crippen LogP contribution in [-0.2, 0) is 0 Å². The van der Waals surface area contributed by atoms with Crippen LogP contribution in [0.5, 0.6) is 0 Å². The molecule has 84 valence electrons. The molecule has 0 amide bonds. The summed E-state index contributed by atoms with van der Waals surface area (Å²) >= 11 is 0. The largest absolute Gasteiger partial charge is 0.311 e. The molecule has 1 aliphatic heterocycles. The van der Waals surface area contributed by atoms with Crippen molar-refractivity contribution >= 4 is 0 Å². The number of nitrogens with one attached hydrogen (secondary N) is 1. The topological polar surface area (TPSA) is 15.3 Å². The Morgan fingerprint density at radius 1 is 1.29 bits per heavy atom. The van der Waals surface area contributed by atoms with E-state index < -0.39 is 6.17 Å². The van der Waals surface area contributed by atoms with E-state index in [1.807, 2.05) is 0 Å². The summed E-state index contributed by atoms with van der Waals surface area (Å²) in [5.74, 6) is 0. The van der Waals surface area contributed by atoms with Gasteiger partial charge in [-0.2, -0.15) is 0 Å². The van der Waals surface area contributed by atoms with Crippen LogP contribution in [0.25, 0.3) is 0 Å². The first-order valence-corrected chi connectivity index (χ1v) is 5.59. The van der Waals surface area contributed by atoms with Crippen molar-refractivity contribution in [3.63, 3.8) is 0 Å². The van der Waals surface area contributed by atoms with E-state index in [4.69, 9.17) is 0 Å². The van der Waals surface area contributed by atoms with Gasteiger partial charge in [-0.15, -0.1) is 0 Å². The van der Waals surface area contributed by atoms with E-state index in [0.29, 0.717) is 0 Å². The molecule has 1 saturated heterocycles. The number of piperidine rings is 1. The Morgan fingerprint density at radius 3 is 2.36 bits per heavy atom. The molecular weight excluding hydrogens is 179 g/mol. The lowest BCUT2D eigenvalue weighted by Gasteiger charge is -2.30. The molecule has 1 heterocycles. The Kier molecular flexibility index (Phi) is 4.32. The van der Waals surface area contributed by atoms with Crippen LogP contribution in [0.15, 0.2) is 0 Å². The third-order valence-electron chi connectivity index (χ3n) is 2.60. The molecule has 1 fully saturated rings. The molecule has 0 saturated carbocycles. The van der Waals surface area contributed by atoms with Gasteiger partial charge in [-0.1, -0.05) is 0 Å². The van der Waals surface area contributed by atoms with Crippen LogP contribution >= 0.6 is 0 Å². The molecule has 0 aliphatic carbocycles. The fraction of sp³-hybridized carbons (Fsp3) is 1.00. The number of hydrogen-bond acceptors (Lipinski definition) is 2. The summed E-state index contributed by atoms with van der Waals surface area (Å²) in [6, 6.07) is 0. The van der Waals surface area contributed by atoms with Gasteiger partial charge in [-0.3, -0.25) is 0 Å². The Morgan fingerprint density at radius 2 is 1.86 bits per heavy atom. The first kappa shape index (κ1) is 11.9. The zero-order valence-electron chi connectivity index (χ0n) is 9.65. The summed E-state index contributed by atoms with van der Waals surface area (Å²) in [4.78, 5) is 2.34. The average molecular weight is 202 g/mol. The van der Waals surface area contributed by atoms with Crippen molar-refractivity contribution in [2.75, 3.05) is 26.2 Å². The van der Waals surface area contributed by atoms with Gasteiger partial charge in [0.25, 0.3) is 0 Å². The lowest BCUT2D eigenvalue weighted by molar-refractivity contribution is 0.149. The predicted octanol–water partition coefficient (Wildman–Crippen LogP) is 1.81. The highest BCUT2D eigenvalue weighted by Crippen LogP contribution is 2.12. The Balaban J connectivity index is 2.08. The van der Waals surface area contributed by atoms with Crippen LogP contribution in [-0.4, -0.2) is 42.8 Å². The molecule has 0 unspecified atom stereocenters. The van der Waals surface area contributed by atoms with Crippen LogP contribution in [0.1, 0.15) is 33.6 Å². The monoisotopic (exact) mass is 202 g/mol. The zero-order valence-corrected chi connectivity index (χ0v) is 9.65. The zero-order chi connectivity index (χ0) is 10.6. The maximum atomic E-state index is 12.8. The van der Waals surface area contributed by atoms with Crippen LogP contribution in [0.4, 0.5) is 4.39 Å². The highest BCUT2D eigenvalue weighted by atomic mass is 19.1. The van der Waals surface area contributed by atoms with Gasteiger partial charge in [0.1, 0.15) is 6.17 Å². The van der Waals surface area contributed by atoms with Crippen molar-refractivity contribution in [2.24, 2.45) is 0 Å². The van der Waals surface area contributed by atoms with Gasteiger partial charge in [0.2, 0.25) is 0 Å². The first-order valence-electron chi connectivity index (χ1n) is 5.59. The van der Waals surface area contributed by atoms with E-state index in [9.17, 15) is 4.39 Å². The van der Waals surface area contributed by atoms with E-state index >= 15 is 0 Å². The number of rotatable bonds is 3. The first-order chi connectivity index (χ1) is 6.47. The van der Waals surface area contributed by atoms with Crippen molar-refractivity contribution < 1.29 is 4.39 Å². The van der Waals surface area contributed by atoms with Gasteiger partial charge in [0, 0.05) is 31.7 Å². The molecule has 0 bridgehead atoms. The third-order valence-corrected chi connectivity index (χ3v) is 2.60. The lowest BCUT2D eigenvalue weighted by Crippen LogP contribution is -2.43. The molecule has 1 aliphatic rings. The number of alkyl halides is 1. The van der Waals surface area contributed by atoms with E-state index in [-0.39, 0.29) is 5.54 Å². The molecule has 3 heteroatoms. The molecule has 0 aromatic rings. The molecule has 0 atom stereocenters. The highest BCUT2D eigenvalue weighted by Gasteiger charge is 2.18. The van der Waals surface area contributed by atoms with Crippen molar-refractivity contribution in [3.05, 3.63) is 0 Å². The summed E-state index contributed by atoms with van der Waals surface area (Å²) < 4.78 is 12.8. The van der Waals surface area contributed by atoms with E-state index in [1.54, 1.807) is 0 Å². The minimum Gasteiger partial charge on any atom is -0.311 e. The standard InChI is InChI=1S/C11H23FN2/c1-11(2,3)13-6-9-14-7-4-10(12)5-8-14/h10,13H,4-9H2,1-3H3. The van der Waals surface area contributed by atoms with Crippen molar-refractivity contribution in [2.45, 2.75) is 45.3 Å². The quantitative estimate of drug-likeness (QED) is 0.751. The van der Waals surface area contributed by atoms with Crippen LogP contribution in [0, 0.1) is 0 Å². The SMILES string of the molecule is CC(C)(C)NCCN1CCC(F)CC1. The second-order valence-corrected chi connectivity index (χ2v) is 5.19. The minimum absolute atomic E-state index is 0.193. The molecule has 0 radical (unpaired) electrons. The smallest absolute Gasteiger partial charge is 0.103 e. The molecule has 1 rings (SSSR count). The van der Waals surface area contributed by atoms with Crippen molar-refractivity contribution in [1.82, 2.24) is 10.2 Å². The van der Waals surface area contributed by atoms with E-state index in [0.717, 1.165) is 39.0 Å². The molecule has 1 N–H and O–H groups in total. The van der Waals surface area contributed by atoms with Crippen LogP contribution in [0.2, 0.25) is 0 Å². The highest BCUT2D eigenvalue weighted by molar-refractivity contribution is 4.74. The molecule has 2 nitrogen and oxygen atoms in total. The minimum atomic E-state index is -0.554. The summed E-state index contributed by atoms with van der Waals surface area (Å²) in [7, 11) is 0. The summed E-state index contributed by atoms with van der Waals surface area (Å²) in [5, 5.41) is 3.44. The normalized spacial score (nSPS) is 21.4. The van der Waals surface area contributed by atoms with E-state index in [1.165, 1.54) is 0 Å². The van der Waals surface area contributed by atoms with Gasteiger partial charge in [0.15, 0.2) is 0 Å². The second-order valence-electron chi connectivity index (χ2n) is 5.19. The fourth-order valence-corrected chi connectivity index (χ4v) is 1.71. The third kappa shape index (κ3) is 4.91. The molecular formula is C11H23FN2. The summed E-state index contributed by atoms with van der Waals surface area (Å²) in [6.45, 7) is 10.4. The summed E-state index contributed by atoms with van der Waals surface area (Å²) in [6.07, 6.45) is 0.882. The van der Waals surface area contributed by atoms with Gasteiger partial charge < -0.3 is 10.2 Å². The van der Waals surface area contributed by atoms with Crippen LogP contribution < -0.4 is 5.32 Å². The Labute approximate surface area is 86.9 Å². The predicted molar refractivity (Wildman–Crippen MR) is 58.3 cm³/mol. The van der Waals surface area contributed by atoms with E-state index in [2.05, 4.69) is 31.0 Å².